The Morgan fingerprint density at radius 3 is 2.32 bits per heavy atom. The molecule has 5 rings (SSSR count). The van der Waals surface area contributed by atoms with E-state index in [1.54, 1.807) is 0 Å². The number of fused-ring (bicyclic) bond motifs is 8. The molecule has 0 aliphatic heterocycles. The van der Waals surface area contributed by atoms with Gasteiger partial charge >= 0.3 is 0 Å². The molecule has 5 aromatic rings. The Labute approximate surface area is 145 Å². The third-order valence-corrected chi connectivity index (χ3v) is 6.38. The van der Waals surface area contributed by atoms with Crippen molar-refractivity contribution in [1.82, 2.24) is 9.38 Å². The molecular formula is C21H17N2OP. The van der Waals surface area contributed by atoms with Gasteiger partial charge < -0.3 is 4.57 Å². The molecule has 0 radical (unpaired) electrons. The summed E-state index contributed by atoms with van der Waals surface area (Å²) in [6.07, 6.45) is 0. The van der Waals surface area contributed by atoms with Crippen LogP contribution in [0, 0.1) is 0 Å². The Morgan fingerprint density at radius 2 is 1.52 bits per heavy atom. The predicted octanol–water partition coefficient (Wildman–Crippen LogP) is 5.04. The molecule has 25 heavy (non-hydrogen) atoms. The largest absolute Gasteiger partial charge is 0.319 e. The summed E-state index contributed by atoms with van der Waals surface area (Å²) >= 11 is 0. The minimum Gasteiger partial charge on any atom is -0.319 e. The summed E-state index contributed by atoms with van der Waals surface area (Å²) in [4.78, 5) is 4.89. The maximum Gasteiger partial charge on any atom is 0.146 e. The van der Waals surface area contributed by atoms with E-state index in [1.807, 2.05) is 37.6 Å². The summed E-state index contributed by atoms with van der Waals surface area (Å²) in [6, 6.07) is 22.7. The van der Waals surface area contributed by atoms with Crippen LogP contribution in [0.3, 0.4) is 0 Å². The number of para-hydroxylation sites is 3. The van der Waals surface area contributed by atoms with Crippen LogP contribution in [0.25, 0.3) is 38.4 Å². The first-order valence-electron chi connectivity index (χ1n) is 8.31. The Hall–Kier alpha value is -2.64. The van der Waals surface area contributed by atoms with E-state index in [4.69, 9.17) is 4.98 Å². The molecule has 0 atom stereocenters. The zero-order valence-electron chi connectivity index (χ0n) is 14.1. The van der Waals surface area contributed by atoms with Crippen LogP contribution < -0.4 is 5.30 Å². The first-order chi connectivity index (χ1) is 12.0. The van der Waals surface area contributed by atoms with Gasteiger partial charge in [-0.15, -0.1) is 0 Å². The molecule has 3 aromatic carbocycles. The van der Waals surface area contributed by atoms with Crippen LogP contribution >= 0.6 is 7.14 Å². The number of rotatable bonds is 1. The summed E-state index contributed by atoms with van der Waals surface area (Å²) < 4.78 is 14.8. The monoisotopic (exact) mass is 344 g/mol. The average molecular weight is 344 g/mol. The zero-order valence-corrected chi connectivity index (χ0v) is 15.0. The molecule has 0 saturated heterocycles. The van der Waals surface area contributed by atoms with E-state index in [0.29, 0.717) is 0 Å². The molecule has 4 heteroatoms. The highest BCUT2D eigenvalue weighted by molar-refractivity contribution is 7.70. The minimum atomic E-state index is -2.33. The molecule has 2 aromatic heterocycles. The highest BCUT2D eigenvalue weighted by Crippen LogP contribution is 2.38. The van der Waals surface area contributed by atoms with Gasteiger partial charge in [0.15, 0.2) is 0 Å². The van der Waals surface area contributed by atoms with E-state index in [-0.39, 0.29) is 0 Å². The van der Waals surface area contributed by atoms with Crippen LogP contribution in [0.2, 0.25) is 0 Å². The van der Waals surface area contributed by atoms with Crippen molar-refractivity contribution in [3.8, 4) is 0 Å². The van der Waals surface area contributed by atoms with E-state index in [9.17, 15) is 4.57 Å². The number of aromatic nitrogens is 2. The third kappa shape index (κ3) is 2.06. The normalized spacial score (nSPS) is 12.6. The number of pyridine rings is 1. The van der Waals surface area contributed by atoms with Crippen molar-refractivity contribution in [3.05, 3.63) is 66.7 Å². The van der Waals surface area contributed by atoms with Gasteiger partial charge in [0.1, 0.15) is 12.8 Å². The van der Waals surface area contributed by atoms with Crippen molar-refractivity contribution in [2.45, 2.75) is 0 Å². The fraction of sp³-hybridized carbons (Fsp3) is 0.0952. The Bertz CT molecular complexity index is 1340. The second-order valence-corrected chi connectivity index (χ2v) is 10.1. The first kappa shape index (κ1) is 14.7. The van der Waals surface area contributed by atoms with Gasteiger partial charge in [-0.25, -0.2) is 4.98 Å². The fourth-order valence-corrected chi connectivity index (χ4v) is 4.51. The average Bonchev–Trinajstić information content (AvgIpc) is 3.01. The van der Waals surface area contributed by atoms with Crippen LogP contribution in [0.5, 0.6) is 0 Å². The molecule has 2 heterocycles. The van der Waals surface area contributed by atoms with Crippen LogP contribution in [-0.2, 0) is 4.57 Å². The van der Waals surface area contributed by atoms with E-state index in [1.165, 1.54) is 5.39 Å². The number of nitrogens with zero attached hydrogens (tertiary/aromatic N) is 2. The molecule has 0 fully saturated rings. The van der Waals surface area contributed by atoms with Gasteiger partial charge in [-0.05, 0) is 43.0 Å². The molecule has 0 bridgehead atoms. The lowest BCUT2D eigenvalue weighted by Gasteiger charge is -2.12. The van der Waals surface area contributed by atoms with Gasteiger partial charge in [-0.3, -0.25) is 4.40 Å². The zero-order chi connectivity index (χ0) is 17.2. The molecule has 0 unspecified atom stereocenters. The van der Waals surface area contributed by atoms with Crippen LogP contribution in [-0.4, -0.2) is 22.7 Å². The van der Waals surface area contributed by atoms with Gasteiger partial charge in [0.25, 0.3) is 0 Å². The Kier molecular flexibility index (Phi) is 2.90. The van der Waals surface area contributed by atoms with Gasteiger partial charge in [-0.1, -0.05) is 42.5 Å². The van der Waals surface area contributed by atoms with Crippen molar-refractivity contribution in [3.63, 3.8) is 0 Å². The van der Waals surface area contributed by atoms with Crippen molar-refractivity contribution < 1.29 is 4.57 Å². The SMILES string of the molecule is CP(C)(=O)c1ccc2c3ccccc3n3c4ccccc4nc3c2c1. The van der Waals surface area contributed by atoms with E-state index < -0.39 is 7.14 Å². The maximum absolute atomic E-state index is 12.6. The van der Waals surface area contributed by atoms with Gasteiger partial charge in [0.2, 0.25) is 0 Å². The third-order valence-electron chi connectivity index (χ3n) is 4.86. The van der Waals surface area contributed by atoms with Crippen LogP contribution in [0.1, 0.15) is 0 Å². The second kappa shape index (κ2) is 4.93. The van der Waals surface area contributed by atoms with E-state index in [0.717, 1.165) is 38.3 Å². The molecule has 0 saturated carbocycles. The minimum absolute atomic E-state index is 0.893. The fourth-order valence-electron chi connectivity index (χ4n) is 3.63. The number of benzene rings is 3. The lowest BCUT2D eigenvalue weighted by Crippen LogP contribution is -2.03. The molecule has 0 N–H and O–H groups in total. The first-order valence-corrected chi connectivity index (χ1v) is 10.9. The number of hydrogen-bond donors (Lipinski definition) is 0. The molecule has 3 nitrogen and oxygen atoms in total. The lowest BCUT2D eigenvalue weighted by atomic mass is 10.1. The van der Waals surface area contributed by atoms with Crippen molar-refractivity contribution in [2.24, 2.45) is 0 Å². The highest BCUT2D eigenvalue weighted by Gasteiger charge is 2.16. The Balaban J connectivity index is 2.12. The van der Waals surface area contributed by atoms with E-state index in [2.05, 4.69) is 46.9 Å². The topological polar surface area (TPSA) is 34.4 Å². The van der Waals surface area contributed by atoms with Gasteiger partial charge in [-0.2, -0.15) is 0 Å². The van der Waals surface area contributed by atoms with Gasteiger partial charge in [0.05, 0.1) is 16.6 Å². The highest BCUT2D eigenvalue weighted by atomic mass is 31.2. The van der Waals surface area contributed by atoms with Gasteiger partial charge in [0, 0.05) is 16.1 Å². The molecule has 0 amide bonds. The van der Waals surface area contributed by atoms with Crippen molar-refractivity contribution >= 4 is 50.8 Å². The summed E-state index contributed by atoms with van der Waals surface area (Å²) in [5, 5.41) is 4.28. The quantitative estimate of drug-likeness (QED) is 0.315. The number of hydrogen-bond acceptors (Lipinski definition) is 2. The second-order valence-electron chi connectivity index (χ2n) is 6.86. The predicted molar refractivity (Wildman–Crippen MR) is 107 cm³/mol. The smallest absolute Gasteiger partial charge is 0.146 e. The standard InChI is InChI=1S/C21H17N2OP/c1-25(2,24)14-11-12-15-16-7-3-5-9-19(16)23-20-10-6-4-8-18(20)22-21(23)17(15)13-14/h3-13H,1-2H3. The summed E-state index contributed by atoms with van der Waals surface area (Å²) in [6.45, 7) is 3.63. The lowest BCUT2D eigenvalue weighted by molar-refractivity contribution is 0.588. The summed E-state index contributed by atoms with van der Waals surface area (Å²) in [5.74, 6) is 0. The summed E-state index contributed by atoms with van der Waals surface area (Å²) in [5.41, 5.74) is 4.13. The molecule has 0 aliphatic carbocycles. The van der Waals surface area contributed by atoms with Crippen LogP contribution in [0.4, 0.5) is 0 Å². The van der Waals surface area contributed by atoms with Crippen molar-refractivity contribution in [2.75, 3.05) is 13.3 Å². The molecule has 0 spiro atoms. The molecular weight excluding hydrogens is 327 g/mol. The Morgan fingerprint density at radius 1 is 0.800 bits per heavy atom. The van der Waals surface area contributed by atoms with Crippen LogP contribution in [0.15, 0.2) is 66.7 Å². The van der Waals surface area contributed by atoms with Crippen molar-refractivity contribution in [1.29, 1.82) is 0 Å². The molecule has 122 valence electrons. The number of imidazole rings is 1. The maximum atomic E-state index is 12.6. The molecule has 0 aliphatic rings. The van der Waals surface area contributed by atoms with E-state index >= 15 is 0 Å². The summed E-state index contributed by atoms with van der Waals surface area (Å²) in [7, 11) is -2.33.